The first-order valence-electron chi connectivity index (χ1n) is 5.80. The molecule has 0 amide bonds. The van der Waals surface area contributed by atoms with E-state index in [0.29, 0.717) is 5.41 Å². The smallest absolute Gasteiger partial charge is 0.0304 e. The molecule has 1 heteroatoms. The summed E-state index contributed by atoms with van der Waals surface area (Å²) in [6.07, 6.45) is 0. The van der Waals surface area contributed by atoms with Crippen LogP contribution in [0.15, 0.2) is 30.3 Å². The van der Waals surface area contributed by atoms with E-state index in [2.05, 4.69) is 62.9 Å². The van der Waals surface area contributed by atoms with Crippen molar-refractivity contribution in [3.63, 3.8) is 0 Å². The highest BCUT2D eigenvalue weighted by molar-refractivity contribution is 5.17. The van der Waals surface area contributed by atoms with Crippen molar-refractivity contribution in [3.8, 4) is 0 Å². The van der Waals surface area contributed by atoms with Crippen molar-refractivity contribution in [3.05, 3.63) is 35.9 Å². The summed E-state index contributed by atoms with van der Waals surface area (Å²) in [5.41, 5.74) is 1.84. The third-order valence-electron chi connectivity index (χ3n) is 3.34. The highest BCUT2D eigenvalue weighted by atomic mass is 15.4. The van der Waals surface area contributed by atoms with Gasteiger partial charge in [0, 0.05) is 18.6 Å². The first-order valence-corrected chi connectivity index (χ1v) is 5.80. The zero-order valence-electron chi connectivity index (χ0n) is 10.2. The van der Waals surface area contributed by atoms with E-state index in [-0.39, 0.29) is 0 Å². The molecule has 2 rings (SSSR count). The summed E-state index contributed by atoms with van der Waals surface area (Å²) in [6, 6.07) is 12.2. The Balaban J connectivity index is 1.99. The Bertz CT molecular complexity index is 323. The van der Waals surface area contributed by atoms with Crippen LogP contribution in [-0.2, 0) is 6.54 Å². The lowest BCUT2D eigenvalue weighted by Gasteiger charge is -2.18. The number of nitrogens with zero attached hydrogens (tertiary/aromatic N) is 1. The van der Waals surface area contributed by atoms with E-state index in [4.69, 9.17) is 0 Å². The molecule has 0 saturated carbocycles. The molecule has 1 heterocycles. The van der Waals surface area contributed by atoms with Gasteiger partial charge in [0.15, 0.2) is 0 Å². The van der Waals surface area contributed by atoms with Crippen molar-refractivity contribution in [2.24, 2.45) is 5.41 Å². The van der Waals surface area contributed by atoms with E-state index < -0.39 is 0 Å². The van der Waals surface area contributed by atoms with Crippen LogP contribution >= 0.6 is 0 Å². The fraction of sp³-hybridized carbons (Fsp3) is 0.571. The summed E-state index contributed by atoms with van der Waals surface area (Å²) in [4.78, 5) is 2.58. The van der Waals surface area contributed by atoms with Crippen molar-refractivity contribution in [2.45, 2.75) is 46.3 Å². The van der Waals surface area contributed by atoms with Gasteiger partial charge in [0.1, 0.15) is 0 Å². The molecular weight excluding hydrogens is 182 g/mol. The van der Waals surface area contributed by atoms with E-state index in [0.717, 1.165) is 18.6 Å². The Labute approximate surface area is 93.1 Å². The van der Waals surface area contributed by atoms with Gasteiger partial charge in [0.05, 0.1) is 0 Å². The Morgan fingerprint density at radius 3 is 2.20 bits per heavy atom. The standard InChI is InChI=1S/C14H21N/c1-11-13(14(2,3)4)15(11)10-12-8-6-5-7-9-12/h5-9,11,13H,10H2,1-4H3. The molecule has 1 saturated heterocycles. The average Bonchev–Trinajstić information content (AvgIpc) is 2.77. The van der Waals surface area contributed by atoms with Gasteiger partial charge in [0.25, 0.3) is 0 Å². The summed E-state index contributed by atoms with van der Waals surface area (Å²) < 4.78 is 0. The van der Waals surface area contributed by atoms with E-state index >= 15 is 0 Å². The van der Waals surface area contributed by atoms with Gasteiger partial charge in [-0.15, -0.1) is 0 Å². The molecular formula is C14H21N. The van der Waals surface area contributed by atoms with Gasteiger partial charge in [-0.1, -0.05) is 51.1 Å². The van der Waals surface area contributed by atoms with Gasteiger partial charge in [0.2, 0.25) is 0 Å². The molecule has 3 unspecified atom stereocenters. The number of benzene rings is 1. The number of hydrogen-bond acceptors (Lipinski definition) is 1. The minimum absolute atomic E-state index is 0.411. The number of hydrogen-bond donors (Lipinski definition) is 0. The molecule has 0 aliphatic carbocycles. The van der Waals surface area contributed by atoms with Crippen LogP contribution in [0.2, 0.25) is 0 Å². The van der Waals surface area contributed by atoms with Gasteiger partial charge in [-0.05, 0) is 17.9 Å². The summed E-state index contributed by atoms with van der Waals surface area (Å²) in [5.74, 6) is 0. The van der Waals surface area contributed by atoms with Crippen LogP contribution < -0.4 is 0 Å². The molecule has 3 atom stereocenters. The fourth-order valence-electron chi connectivity index (χ4n) is 2.67. The molecule has 0 radical (unpaired) electrons. The van der Waals surface area contributed by atoms with Crippen LogP contribution in [0.5, 0.6) is 0 Å². The largest absolute Gasteiger partial charge is 0.290 e. The maximum absolute atomic E-state index is 2.58. The molecule has 1 aliphatic heterocycles. The predicted molar refractivity (Wildman–Crippen MR) is 64.7 cm³/mol. The van der Waals surface area contributed by atoms with E-state index in [1.807, 2.05) is 0 Å². The molecule has 1 aromatic rings. The third-order valence-corrected chi connectivity index (χ3v) is 3.34. The number of rotatable bonds is 2. The molecule has 0 aromatic heterocycles. The minimum Gasteiger partial charge on any atom is -0.290 e. The van der Waals surface area contributed by atoms with Crippen LogP contribution in [0.4, 0.5) is 0 Å². The van der Waals surface area contributed by atoms with Crippen molar-refractivity contribution < 1.29 is 0 Å². The van der Waals surface area contributed by atoms with E-state index in [1.165, 1.54) is 5.56 Å². The van der Waals surface area contributed by atoms with Crippen LogP contribution in [0.25, 0.3) is 0 Å². The highest BCUT2D eigenvalue weighted by Gasteiger charge is 2.50. The molecule has 82 valence electrons. The predicted octanol–water partition coefficient (Wildman–Crippen LogP) is 3.31. The van der Waals surface area contributed by atoms with Gasteiger partial charge in [-0.2, -0.15) is 0 Å². The molecule has 1 nitrogen and oxygen atoms in total. The first kappa shape index (κ1) is 10.7. The van der Waals surface area contributed by atoms with Crippen molar-refractivity contribution >= 4 is 0 Å². The first-order chi connectivity index (χ1) is 7.00. The second-order valence-corrected chi connectivity index (χ2v) is 5.71. The zero-order valence-corrected chi connectivity index (χ0v) is 10.2. The Hall–Kier alpha value is -0.820. The zero-order chi connectivity index (χ0) is 11.1. The van der Waals surface area contributed by atoms with Crippen LogP contribution in [-0.4, -0.2) is 17.0 Å². The van der Waals surface area contributed by atoms with E-state index in [1.54, 1.807) is 0 Å². The average molecular weight is 203 g/mol. The topological polar surface area (TPSA) is 3.01 Å². The van der Waals surface area contributed by atoms with Crippen LogP contribution in [0.3, 0.4) is 0 Å². The lowest BCUT2D eigenvalue weighted by atomic mass is 9.90. The Kier molecular flexibility index (Phi) is 2.59. The van der Waals surface area contributed by atoms with Crippen molar-refractivity contribution in [1.82, 2.24) is 4.90 Å². The maximum Gasteiger partial charge on any atom is 0.0304 e. The molecule has 0 bridgehead atoms. The molecule has 0 spiro atoms. The fourth-order valence-corrected chi connectivity index (χ4v) is 2.67. The Morgan fingerprint density at radius 2 is 1.73 bits per heavy atom. The minimum atomic E-state index is 0.411. The summed E-state index contributed by atoms with van der Waals surface area (Å²) in [5, 5.41) is 0. The van der Waals surface area contributed by atoms with Gasteiger partial charge in [-0.3, -0.25) is 4.90 Å². The molecule has 1 fully saturated rings. The normalized spacial score (nSPS) is 30.3. The second kappa shape index (κ2) is 3.64. The summed E-state index contributed by atoms with van der Waals surface area (Å²) >= 11 is 0. The molecule has 15 heavy (non-hydrogen) atoms. The lowest BCUT2D eigenvalue weighted by molar-refractivity contribution is 0.324. The lowest BCUT2D eigenvalue weighted by Crippen LogP contribution is -2.18. The molecule has 1 aliphatic rings. The Morgan fingerprint density at radius 1 is 1.13 bits per heavy atom. The molecule has 0 N–H and O–H groups in total. The SMILES string of the molecule is CC1C(C(C)(C)C)N1Cc1ccccc1. The quantitative estimate of drug-likeness (QED) is 0.666. The van der Waals surface area contributed by atoms with Gasteiger partial charge in [-0.25, -0.2) is 0 Å². The van der Waals surface area contributed by atoms with Crippen LogP contribution in [0, 0.1) is 5.41 Å². The summed E-state index contributed by atoms with van der Waals surface area (Å²) in [6.45, 7) is 10.4. The molecule has 1 aromatic carbocycles. The van der Waals surface area contributed by atoms with Crippen molar-refractivity contribution in [1.29, 1.82) is 0 Å². The van der Waals surface area contributed by atoms with Crippen molar-refractivity contribution in [2.75, 3.05) is 0 Å². The van der Waals surface area contributed by atoms with Gasteiger partial charge >= 0.3 is 0 Å². The highest BCUT2D eigenvalue weighted by Crippen LogP contribution is 2.42. The second-order valence-electron chi connectivity index (χ2n) is 5.71. The van der Waals surface area contributed by atoms with Gasteiger partial charge < -0.3 is 0 Å². The maximum atomic E-state index is 2.58. The van der Waals surface area contributed by atoms with E-state index in [9.17, 15) is 0 Å². The summed E-state index contributed by atoms with van der Waals surface area (Å²) in [7, 11) is 0. The van der Waals surface area contributed by atoms with Crippen LogP contribution in [0.1, 0.15) is 33.3 Å². The third kappa shape index (κ3) is 2.23. The monoisotopic (exact) mass is 203 g/mol.